The molecule has 9 nitrogen and oxygen atoms in total. The van der Waals surface area contributed by atoms with Crippen LogP contribution in [0.3, 0.4) is 0 Å². The van der Waals surface area contributed by atoms with Crippen LogP contribution in [0.15, 0.2) is 47.4 Å². The van der Waals surface area contributed by atoms with Gasteiger partial charge < -0.3 is 24.6 Å². The van der Waals surface area contributed by atoms with Gasteiger partial charge in [-0.1, -0.05) is 12.1 Å². The van der Waals surface area contributed by atoms with Crippen LogP contribution in [0.1, 0.15) is 10.4 Å². The molecule has 2 aromatic rings. The Labute approximate surface area is 176 Å². The van der Waals surface area contributed by atoms with E-state index in [0.29, 0.717) is 17.2 Å². The zero-order valence-electron chi connectivity index (χ0n) is 17.3. The van der Waals surface area contributed by atoms with E-state index in [1.54, 1.807) is 18.2 Å². The number of nitrogens with zero attached hydrogens (tertiary/aromatic N) is 1. The Kier molecular flexibility index (Phi) is 8.04. The zero-order valence-corrected chi connectivity index (χ0v) is 18.1. The third-order valence-corrected chi connectivity index (χ3v) is 5.99. The number of methoxy groups -OCH3 is 2. The van der Waals surface area contributed by atoms with E-state index in [1.165, 1.54) is 52.6 Å². The number of amides is 1. The molecule has 0 heterocycles. The van der Waals surface area contributed by atoms with Crippen molar-refractivity contribution in [3.8, 4) is 17.2 Å². The first-order chi connectivity index (χ1) is 14.2. The molecule has 0 aliphatic rings. The van der Waals surface area contributed by atoms with Gasteiger partial charge in [-0.15, -0.1) is 0 Å². The largest absolute Gasteiger partial charge is 0.493 e. The molecule has 1 unspecified atom stereocenters. The lowest BCUT2D eigenvalue weighted by molar-refractivity contribution is 0.0833. The third-order valence-electron chi connectivity index (χ3n) is 4.18. The summed E-state index contributed by atoms with van der Waals surface area (Å²) >= 11 is 0. The number of aliphatic hydroxyl groups excluding tert-OH is 1. The van der Waals surface area contributed by atoms with Gasteiger partial charge in [0.15, 0.2) is 11.5 Å². The Bertz CT molecular complexity index is 955. The minimum atomic E-state index is -3.66. The first kappa shape index (κ1) is 23.5. The highest BCUT2D eigenvalue weighted by Gasteiger charge is 2.19. The predicted molar refractivity (Wildman–Crippen MR) is 111 cm³/mol. The van der Waals surface area contributed by atoms with E-state index in [2.05, 4.69) is 5.32 Å². The second-order valence-electron chi connectivity index (χ2n) is 6.48. The molecule has 2 rings (SSSR count). The van der Waals surface area contributed by atoms with Crippen molar-refractivity contribution in [2.24, 2.45) is 0 Å². The standard InChI is InChI=1S/C20H26N2O7S/c1-22(2)30(25,26)16-8-5-7-14(11-16)20(24)21-12-15(23)13-29-19-17(27-3)9-6-10-18(19)28-4/h5-11,15,23H,12-13H2,1-4H3,(H,21,24). The molecule has 0 saturated heterocycles. The van der Waals surface area contributed by atoms with Crippen molar-refractivity contribution in [1.29, 1.82) is 0 Å². The maximum Gasteiger partial charge on any atom is 0.251 e. The highest BCUT2D eigenvalue weighted by atomic mass is 32.2. The van der Waals surface area contributed by atoms with Crippen LogP contribution in [0.5, 0.6) is 17.2 Å². The average molecular weight is 439 g/mol. The number of carbonyl (C=O) groups is 1. The number of carbonyl (C=O) groups excluding carboxylic acids is 1. The fourth-order valence-electron chi connectivity index (χ4n) is 2.52. The van der Waals surface area contributed by atoms with Crippen molar-refractivity contribution in [3.05, 3.63) is 48.0 Å². The molecule has 0 bridgehead atoms. The Morgan fingerprint density at radius 2 is 1.70 bits per heavy atom. The van der Waals surface area contributed by atoms with E-state index >= 15 is 0 Å². The van der Waals surface area contributed by atoms with Crippen LogP contribution >= 0.6 is 0 Å². The third kappa shape index (κ3) is 5.62. The SMILES string of the molecule is COc1cccc(OC)c1OCC(O)CNC(=O)c1cccc(S(=O)(=O)N(C)C)c1. The first-order valence-corrected chi connectivity index (χ1v) is 10.5. The van der Waals surface area contributed by atoms with Gasteiger partial charge >= 0.3 is 0 Å². The van der Waals surface area contributed by atoms with Crippen LogP contribution in [-0.2, 0) is 10.0 Å². The molecule has 2 N–H and O–H groups in total. The van der Waals surface area contributed by atoms with Gasteiger partial charge in [-0.05, 0) is 30.3 Å². The number of ether oxygens (including phenoxy) is 3. The minimum Gasteiger partial charge on any atom is -0.493 e. The first-order valence-electron chi connectivity index (χ1n) is 9.03. The van der Waals surface area contributed by atoms with E-state index in [9.17, 15) is 18.3 Å². The van der Waals surface area contributed by atoms with Crippen LogP contribution in [0.2, 0.25) is 0 Å². The van der Waals surface area contributed by atoms with Gasteiger partial charge in [0.25, 0.3) is 5.91 Å². The minimum absolute atomic E-state index is 0.00676. The maximum atomic E-state index is 12.4. The highest BCUT2D eigenvalue weighted by molar-refractivity contribution is 7.89. The number of sulfonamides is 1. The number of hydrogen-bond acceptors (Lipinski definition) is 7. The molecule has 1 amide bonds. The number of hydrogen-bond donors (Lipinski definition) is 2. The topological polar surface area (TPSA) is 114 Å². The number of rotatable bonds is 10. The summed E-state index contributed by atoms with van der Waals surface area (Å²) in [5, 5.41) is 12.7. The quantitative estimate of drug-likeness (QED) is 0.571. The monoisotopic (exact) mass is 438 g/mol. The van der Waals surface area contributed by atoms with Crippen molar-refractivity contribution < 1.29 is 32.5 Å². The second kappa shape index (κ2) is 10.3. The van der Waals surface area contributed by atoms with Crippen LogP contribution in [0.25, 0.3) is 0 Å². The van der Waals surface area contributed by atoms with Gasteiger partial charge in [0.1, 0.15) is 12.7 Å². The molecule has 0 saturated carbocycles. The summed E-state index contributed by atoms with van der Waals surface area (Å²) in [6.45, 7) is -0.215. The van der Waals surface area contributed by atoms with Crippen molar-refractivity contribution in [2.75, 3.05) is 41.5 Å². The lowest BCUT2D eigenvalue weighted by atomic mass is 10.2. The fraction of sp³-hybridized carbons (Fsp3) is 0.350. The molecule has 0 spiro atoms. The highest BCUT2D eigenvalue weighted by Crippen LogP contribution is 2.36. The van der Waals surface area contributed by atoms with E-state index in [4.69, 9.17) is 14.2 Å². The van der Waals surface area contributed by atoms with Gasteiger partial charge in [0.2, 0.25) is 15.8 Å². The molecule has 0 aliphatic heterocycles. The summed E-state index contributed by atoms with van der Waals surface area (Å²) in [6, 6.07) is 10.8. The van der Waals surface area contributed by atoms with E-state index < -0.39 is 22.0 Å². The van der Waals surface area contributed by atoms with Crippen molar-refractivity contribution >= 4 is 15.9 Å². The van der Waals surface area contributed by atoms with Crippen molar-refractivity contribution in [2.45, 2.75) is 11.0 Å². The number of para-hydroxylation sites is 1. The molecule has 2 aromatic carbocycles. The Hall–Kier alpha value is -2.82. The Morgan fingerprint density at radius 1 is 1.10 bits per heavy atom. The molecular formula is C20H26N2O7S. The molecule has 0 aliphatic carbocycles. The number of aliphatic hydroxyl groups is 1. The van der Waals surface area contributed by atoms with Gasteiger partial charge in [-0.25, -0.2) is 12.7 Å². The van der Waals surface area contributed by atoms with Gasteiger partial charge in [-0.2, -0.15) is 0 Å². The Balaban J connectivity index is 1.98. The second-order valence-corrected chi connectivity index (χ2v) is 8.63. The smallest absolute Gasteiger partial charge is 0.251 e. The molecule has 0 aromatic heterocycles. The molecule has 30 heavy (non-hydrogen) atoms. The van der Waals surface area contributed by atoms with Crippen LogP contribution in [0.4, 0.5) is 0 Å². The van der Waals surface area contributed by atoms with Crippen molar-refractivity contribution in [1.82, 2.24) is 9.62 Å². The number of nitrogens with one attached hydrogen (secondary N) is 1. The lowest BCUT2D eigenvalue weighted by Gasteiger charge is -2.17. The number of benzene rings is 2. The van der Waals surface area contributed by atoms with Crippen LogP contribution in [-0.4, -0.2) is 71.3 Å². The van der Waals surface area contributed by atoms with E-state index in [1.807, 2.05) is 0 Å². The predicted octanol–water partition coefficient (Wildman–Crippen LogP) is 1.12. The van der Waals surface area contributed by atoms with Gasteiger partial charge in [0.05, 0.1) is 19.1 Å². The molecule has 0 radical (unpaired) electrons. The zero-order chi connectivity index (χ0) is 22.3. The fourth-order valence-corrected chi connectivity index (χ4v) is 3.47. The summed E-state index contributed by atoms with van der Waals surface area (Å²) in [7, 11) is 2.15. The molecule has 164 valence electrons. The van der Waals surface area contributed by atoms with Crippen LogP contribution in [0, 0.1) is 0 Å². The average Bonchev–Trinajstić information content (AvgIpc) is 2.75. The van der Waals surface area contributed by atoms with E-state index in [0.717, 1.165) is 4.31 Å². The molecule has 1 atom stereocenters. The summed E-state index contributed by atoms with van der Waals surface area (Å²) in [5.74, 6) is 0.725. The van der Waals surface area contributed by atoms with Crippen molar-refractivity contribution in [3.63, 3.8) is 0 Å². The maximum absolute atomic E-state index is 12.4. The summed E-state index contributed by atoms with van der Waals surface area (Å²) in [4.78, 5) is 12.4. The summed E-state index contributed by atoms with van der Waals surface area (Å²) in [5.41, 5.74) is 0.164. The van der Waals surface area contributed by atoms with Crippen LogP contribution < -0.4 is 19.5 Å². The molecule has 0 fully saturated rings. The Morgan fingerprint density at radius 3 is 2.27 bits per heavy atom. The van der Waals surface area contributed by atoms with Gasteiger partial charge in [0, 0.05) is 26.2 Å². The summed E-state index contributed by atoms with van der Waals surface area (Å²) < 4.78 is 41.5. The van der Waals surface area contributed by atoms with E-state index in [-0.39, 0.29) is 23.6 Å². The summed E-state index contributed by atoms with van der Waals surface area (Å²) in [6.07, 6.45) is -1.02. The normalized spacial score (nSPS) is 12.3. The van der Waals surface area contributed by atoms with Gasteiger partial charge in [-0.3, -0.25) is 4.79 Å². The molecule has 10 heteroatoms. The lowest BCUT2D eigenvalue weighted by Crippen LogP contribution is -2.35. The molecular weight excluding hydrogens is 412 g/mol.